The molecule has 0 spiro atoms. The number of benzene rings is 1. The van der Waals surface area contributed by atoms with Gasteiger partial charge in [0.05, 0.1) is 22.8 Å². The fourth-order valence-corrected chi connectivity index (χ4v) is 4.26. The molecule has 0 bridgehead atoms. The first-order chi connectivity index (χ1) is 15.4. The molecule has 176 valence electrons. The largest absolute Gasteiger partial charge is 0.449 e. The van der Waals surface area contributed by atoms with Crippen molar-refractivity contribution in [2.75, 3.05) is 26.2 Å². The molecule has 0 unspecified atom stereocenters. The van der Waals surface area contributed by atoms with Gasteiger partial charge in [-0.1, -0.05) is 24.6 Å². The number of ether oxygens (including phenoxy) is 1. The number of rotatable bonds is 4. The summed E-state index contributed by atoms with van der Waals surface area (Å²) in [6.45, 7) is 5.67. The van der Waals surface area contributed by atoms with Crippen LogP contribution in [-0.2, 0) is 11.8 Å². The molecular weight excluding hydrogens is 460 g/mol. The molecule has 0 aliphatic carbocycles. The average Bonchev–Trinajstić information content (AvgIpc) is 3.22. The topological polar surface area (TPSA) is 67.7 Å². The van der Waals surface area contributed by atoms with Crippen LogP contribution in [-0.4, -0.2) is 63.6 Å². The van der Waals surface area contributed by atoms with Crippen LogP contribution in [0.25, 0.3) is 22.2 Å². The lowest BCUT2D eigenvalue weighted by atomic mass is 10.1. The number of fused-ring (bicyclic) bond motifs is 1. The number of aromatic nitrogens is 2. The maximum absolute atomic E-state index is 13.3. The summed E-state index contributed by atoms with van der Waals surface area (Å²) >= 11 is 6.51. The van der Waals surface area contributed by atoms with Gasteiger partial charge in [0.25, 0.3) is 5.91 Å². The van der Waals surface area contributed by atoms with Gasteiger partial charge in [-0.3, -0.25) is 4.79 Å². The number of carbonyl (C=O) groups excluding carboxylic acids is 2. The van der Waals surface area contributed by atoms with Crippen molar-refractivity contribution in [2.45, 2.75) is 26.3 Å². The maximum Gasteiger partial charge on any atom is 0.409 e. The third-order valence-corrected chi connectivity index (χ3v) is 6.02. The fraction of sp³-hybridized carbons (Fsp3) is 0.375. The Hall–Kier alpha value is -2.71. The van der Waals surface area contributed by atoms with Crippen LogP contribution in [0.5, 0.6) is 0 Å². The van der Waals surface area contributed by atoms with E-state index in [1.165, 1.54) is 0 Å². The number of amides is 2. The highest BCUT2D eigenvalue weighted by atomic mass is 35.5. The van der Waals surface area contributed by atoms with E-state index in [1.54, 1.807) is 21.9 Å². The highest BCUT2D eigenvalue weighted by Gasteiger charge is 2.31. The number of aryl methyl sites for hydroxylation is 1. The third-order valence-electron chi connectivity index (χ3n) is 5.71. The van der Waals surface area contributed by atoms with E-state index in [1.807, 2.05) is 56.1 Å². The second-order valence-corrected chi connectivity index (χ2v) is 8.60. The van der Waals surface area contributed by atoms with Gasteiger partial charge in [-0.15, -0.1) is 0 Å². The summed E-state index contributed by atoms with van der Waals surface area (Å²) in [5.41, 5.74) is 2.96. The van der Waals surface area contributed by atoms with Gasteiger partial charge in [-0.2, -0.15) is 13.5 Å². The Balaban J connectivity index is 0.00000306. The molecule has 9 heteroatoms. The van der Waals surface area contributed by atoms with E-state index in [-0.39, 0.29) is 31.5 Å². The van der Waals surface area contributed by atoms with Crippen LogP contribution < -0.4 is 0 Å². The lowest BCUT2D eigenvalue weighted by Crippen LogP contribution is -2.55. The molecule has 1 aromatic carbocycles. The minimum atomic E-state index is -0.316. The average molecular weight is 489 g/mol. The van der Waals surface area contributed by atoms with E-state index in [9.17, 15) is 9.59 Å². The van der Waals surface area contributed by atoms with Crippen molar-refractivity contribution in [2.24, 2.45) is 7.05 Å². The monoisotopic (exact) mass is 488 g/mol. The Morgan fingerprint density at radius 3 is 2.67 bits per heavy atom. The van der Waals surface area contributed by atoms with Crippen molar-refractivity contribution < 1.29 is 14.3 Å². The first-order valence-electron chi connectivity index (χ1n) is 10.8. The van der Waals surface area contributed by atoms with Crippen LogP contribution in [0.3, 0.4) is 0 Å². The number of nitrogens with zero attached hydrogens (tertiary/aromatic N) is 4. The Kier molecular flexibility index (Phi) is 7.92. The zero-order chi connectivity index (χ0) is 22.8. The summed E-state index contributed by atoms with van der Waals surface area (Å²) in [7, 11) is 1.95. The molecule has 1 atom stereocenters. The van der Waals surface area contributed by atoms with E-state index in [0.717, 1.165) is 23.1 Å². The van der Waals surface area contributed by atoms with Crippen molar-refractivity contribution in [3.05, 3.63) is 53.3 Å². The molecule has 33 heavy (non-hydrogen) atoms. The summed E-state index contributed by atoms with van der Waals surface area (Å²) in [6.07, 6.45) is 4.40. The van der Waals surface area contributed by atoms with Crippen molar-refractivity contribution >= 4 is 48.0 Å². The highest BCUT2D eigenvalue weighted by molar-refractivity contribution is 7.59. The molecule has 2 amide bonds. The second kappa shape index (κ2) is 10.5. The Morgan fingerprint density at radius 2 is 2.00 bits per heavy atom. The zero-order valence-corrected chi connectivity index (χ0v) is 20.8. The van der Waals surface area contributed by atoms with E-state index in [4.69, 9.17) is 21.3 Å². The zero-order valence-electron chi connectivity index (χ0n) is 19.0. The molecule has 3 heterocycles. The first-order valence-corrected chi connectivity index (χ1v) is 11.2. The SMILES string of the molecule is CCCOC(=O)N1CCN(C(=O)c2ccc3c(Cl)cc(-c4ccn(C)c4)nc3c2)[C@@H](C)C1.S. The number of halogens is 1. The lowest BCUT2D eigenvalue weighted by molar-refractivity contribution is 0.0414. The van der Waals surface area contributed by atoms with Crippen LogP contribution in [0.2, 0.25) is 5.02 Å². The van der Waals surface area contributed by atoms with Crippen LogP contribution in [0.15, 0.2) is 42.7 Å². The van der Waals surface area contributed by atoms with Gasteiger partial charge in [0.2, 0.25) is 0 Å². The van der Waals surface area contributed by atoms with Crippen molar-refractivity contribution in [1.82, 2.24) is 19.4 Å². The summed E-state index contributed by atoms with van der Waals surface area (Å²) in [4.78, 5) is 33.6. The van der Waals surface area contributed by atoms with Crippen molar-refractivity contribution in [3.8, 4) is 11.3 Å². The van der Waals surface area contributed by atoms with Gasteiger partial charge in [0, 0.05) is 61.6 Å². The molecule has 1 fully saturated rings. The quantitative estimate of drug-likeness (QED) is 0.534. The molecule has 1 aliphatic heterocycles. The lowest BCUT2D eigenvalue weighted by Gasteiger charge is -2.39. The van der Waals surface area contributed by atoms with Crippen LogP contribution in [0.4, 0.5) is 4.79 Å². The third kappa shape index (κ3) is 5.28. The van der Waals surface area contributed by atoms with E-state index >= 15 is 0 Å². The molecule has 3 aromatic rings. The fourth-order valence-electron chi connectivity index (χ4n) is 3.99. The van der Waals surface area contributed by atoms with Gasteiger partial charge in [0.15, 0.2) is 0 Å². The smallest absolute Gasteiger partial charge is 0.409 e. The summed E-state index contributed by atoms with van der Waals surface area (Å²) in [5.74, 6) is -0.0796. The molecule has 4 rings (SSSR count). The number of hydrogen-bond donors (Lipinski definition) is 0. The predicted molar refractivity (Wildman–Crippen MR) is 135 cm³/mol. The minimum absolute atomic E-state index is 0. The van der Waals surface area contributed by atoms with Crippen LogP contribution >= 0.6 is 25.1 Å². The highest BCUT2D eigenvalue weighted by Crippen LogP contribution is 2.29. The van der Waals surface area contributed by atoms with E-state index < -0.39 is 0 Å². The van der Waals surface area contributed by atoms with Crippen molar-refractivity contribution in [1.29, 1.82) is 0 Å². The van der Waals surface area contributed by atoms with Gasteiger partial charge in [-0.25, -0.2) is 9.78 Å². The maximum atomic E-state index is 13.3. The number of pyridine rings is 1. The van der Waals surface area contributed by atoms with Gasteiger partial charge in [-0.05, 0) is 37.6 Å². The van der Waals surface area contributed by atoms with E-state index in [0.29, 0.717) is 42.3 Å². The minimum Gasteiger partial charge on any atom is -0.449 e. The van der Waals surface area contributed by atoms with Gasteiger partial charge >= 0.3 is 6.09 Å². The normalized spacial score (nSPS) is 15.9. The second-order valence-electron chi connectivity index (χ2n) is 8.19. The van der Waals surface area contributed by atoms with Crippen LogP contribution in [0, 0.1) is 0 Å². The molecule has 0 saturated carbocycles. The molecule has 1 aliphatic rings. The molecule has 1 saturated heterocycles. The predicted octanol–water partition coefficient (Wildman–Crippen LogP) is 4.70. The molecular formula is C24H29ClN4O3S. The number of hydrogen-bond acceptors (Lipinski definition) is 4. The van der Waals surface area contributed by atoms with E-state index in [2.05, 4.69) is 0 Å². The Morgan fingerprint density at radius 1 is 1.21 bits per heavy atom. The number of piperazine rings is 1. The molecule has 7 nitrogen and oxygen atoms in total. The first kappa shape index (κ1) is 24.9. The van der Waals surface area contributed by atoms with Crippen molar-refractivity contribution in [3.63, 3.8) is 0 Å². The Bertz CT molecular complexity index is 1170. The van der Waals surface area contributed by atoms with Gasteiger partial charge in [0.1, 0.15) is 0 Å². The molecule has 0 N–H and O–H groups in total. The van der Waals surface area contributed by atoms with Gasteiger partial charge < -0.3 is 19.1 Å². The summed E-state index contributed by atoms with van der Waals surface area (Å²) in [6, 6.07) is 9.13. The molecule has 2 aromatic heterocycles. The summed E-state index contributed by atoms with van der Waals surface area (Å²) < 4.78 is 7.18. The van der Waals surface area contributed by atoms with Crippen LogP contribution in [0.1, 0.15) is 30.6 Å². The Labute approximate surface area is 205 Å². The molecule has 0 radical (unpaired) electrons. The number of carbonyl (C=O) groups is 2. The standard InChI is InChI=1S/C24H27ClN4O3.H2S/c1-4-11-32-24(31)28-9-10-29(16(2)14-28)23(30)17-5-6-19-20(25)13-21(26-22(19)12-17)18-7-8-27(3)15-18;/h5-8,12-13,15-16H,4,9-11,14H2,1-3H3;1H2/t16-;/m0./s1. The summed E-state index contributed by atoms with van der Waals surface area (Å²) in [5, 5.41) is 1.40.